The molecule has 0 saturated carbocycles. The first-order chi connectivity index (χ1) is 9.47. The topological polar surface area (TPSA) is 108 Å². The number of anilines is 1. The van der Waals surface area contributed by atoms with Gasteiger partial charge in [-0.25, -0.2) is 9.18 Å². The van der Waals surface area contributed by atoms with Crippen molar-refractivity contribution in [3.8, 4) is 0 Å². The van der Waals surface area contributed by atoms with Gasteiger partial charge in [-0.2, -0.15) is 0 Å². The van der Waals surface area contributed by atoms with Crippen molar-refractivity contribution in [3.05, 3.63) is 29.6 Å². The van der Waals surface area contributed by atoms with Gasteiger partial charge in [0.2, 0.25) is 11.8 Å². The molecule has 1 atom stereocenters. The number of hydrogen-bond acceptors (Lipinski definition) is 4. The number of carboxylic acid groups (broad SMARTS) is 1. The van der Waals surface area contributed by atoms with E-state index in [9.17, 15) is 18.8 Å². The molecule has 1 aliphatic heterocycles. The maximum absolute atomic E-state index is 13.2. The van der Waals surface area contributed by atoms with E-state index < -0.39 is 29.3 Å². The number of benzene rings is 1. The minimum atomic E-state index is -1.42. The van der Waals surface area contributed by atoms with Crippen molar-refractivity contribution < 1.29 is 23.9 Å². The molecule has 7 nitrogen and oxygen atoms in total. The molecular formula is C12H12FN3O4. The number of nitrogens with one attached hydrogen (secondary N) is 3. The number of piperazine rings is 1. The molecule has 0 bridgehead atoms. The van der Waals surface area contributed by atoms with Gasteiger partial charge in [-0.15, -0.1) is 0 Å². The molecule has 1 unspecified atom stereocenters. The van der Waals surface area contributed by atoms with Crippen LogP contribution in [0.4, 0.5) is 10.1 Å². The van der Waals surface area contributed by atoms with E-state index in [1.54, 1.807) is 0 Å². The molecule has 1 fully saturated rings. The fourth-order valence-electron chi connectivity index (χ4n) is 1.75. The van der Waals surface area contributed by atoms with Gasteiger partial charge >= 0.3 is 5.97 Å². The zero-order chi connectivity index (χ0) is 14.7. The van der Waals surface area contributed by atoms with E-state index >= 15 is 0 Å². The Morgan fingerprint density at radius 3 is 2.75 bits per heavy atom. The molecular weight excluding hydrogens is 269 g/mol. The molecule has 4 N–H and O–H groups in total. The molecule has 106 valence electrons. The van der Waals surface area contributed by atoms with Crippen LogP contribution in [-0.2, 0) is 9.59 Å². The van der Waals surface area contributed by atoms with Crippen LogP contribution in [0, 0.1) is 5.82 Å². The van der Waals surface area contributed by atoms with Crippen LogP contribution < -0.4 is 16.0 Å². The average Bonchev–Trinajstić information content (AvgIpc) is 2.41. The number of amides is 2. The third-order valence-electron chi connectivity index (χ3n) is 2.79. The largest absolute Gasteiger partial charge is 0.478 e. The minimum Gasteiger partial charge on any atom is -0.478 e. The highest BCUT2D eigenvalue weighted by molar-refractivity contribution is 5.98. The second-order valence-corrected chi connectivity index (χ2v) is 4.23. The highest BCUT2D eigenvalue weighted by atomic mass is 19.1. The lowest BCUT2D eigenvalue weighted by Gasteiger charge is -2.23. The zero-order valence-corrected chi connectivity index (χ0v) is 10.3. The molecule has 1 aliphatic rings. The molecule has 1 saturated heterocycles. The molecule has 20 heavy (non-hydrogen) atoms. The summed E-state index contributed by atoms with van der Waals surface area (Å²) in [7, 11) is 0. The summed E-state index contributed by atoms with van der Waals surface area (Å²) in [4.78, 5) is 33.6. The van der Waals surface area contributed by atoms with Crippen LogP contribution in [0.1, 0.15) is 10.4 Å². The number of halogens is 1. The molecule has 1 heterocycles. The minimum absolute atomic E-state index is 0.0296. The van der Waals surface area contributed by atoms with Crippen molar-refractivity contribution in [1.82, 2.24) is 10.6 Å². The van der Waals surface area contributed by atoms with Gasteiger partial charge < -0.3 is 15.7 Å². The van der Waals surface area contributed by atoms with Gasteiger partial charge in [-0.1, -0.05) is 0 Å². The van der Waals surface area contributed by atoms with Crippen LogP contribution in [0.3, 0.4) is 0 Å². The van der Waals surface area contributed by atoms with Gasteiger partial charge in [0.05, 0.1) is 12.1 Å². The number of carbonyl (C=O) groups is 3. The standard InChI is InChI=1S/C12H12FN3O4/c13-8-2-1-6(3-7(8)12(19)20)16-11(18)9-4-15-10(17)5-14-9/h1-3,9,14H,4-5H2,(H,15,17)(H,16,18)(H,19,20). The first-order valence-corrected chi connectivity index (χ1v) is 5.81. The average molecular weight is 281 g/mol. The molecule has 2 amide bonds. The summed E-state index contributed by atoms with van der Waals surface area (Å²) < 4.78 is 13.2. The number of rotatable bonds is 3. The predicted octanol–water partition coefficient (Wildman–Crippen LogP) is -0.450. The third kappa shape index (κ3) is 3.09. The second-order valence-electron chi connectivity index (χ2n) is 4.23. The summed E-state index contributed by atoms with van der Waals surface area (Å²) in [5, 5.41) is 16.5. The monoisotopic (exact) mass is 281 g/mol. The molecule has 1 aromatic rings. The maximum atomic E-state index is 13.2. The number of carbonyl (C=O) groups excluding carboxylic acids is 2. The summed E-state index contributed by atoms with van der Waals surface area (Å²) >= 11 is 0. The smallest absolute Gasteiger partial charge is 0.338 e. The molecule has 0 radical (unpaired) electrons. The Bertz CT molecular complexity index is 566. The molecule has 8 heteroatoms. The van der Waals surface area contributed by atoms with Crippen molar-refractivity contribution in [3.63, 3.8) is 0 Å². The Kier molecular flexibility index (Phi) is 3.94. The summed E-state index contributed by atoms with van der Waals surface area (Å²) in [6.07, 6.45) is 0. The molecule has 0 aliphatic carbocycles. The van der Waals surface area contributed by atoms with E-state index in [4.69, 9.17) is 5.11 Å². The Balaban J connectivity index is 2.06. The fraction of sp³-hybridized carbons (Fsp3) is 0.250. The van der Waals surface area contributed by atoms with Crippen LogP contribution in [0.5, 0.6) is 0 Å². The van der Waals surface area contributed by atoms with E-state index in [0.717, 1.165) is 12.1 Å². The zero-order valence-electron chi connectivity index (χ0n) is 10.3. The highest BCUT2D eigenvalue weighted by Crippen LogP contribution is 2.15. The van der Waals surface area contributed by atoms with Gasteiger partial charge in [-0.05, 0) is 18.2 Å². The first-order valence-electron chi connectivity index (χ1n) is 5.81. The van der Waals surface area contributed by atoms with Crippen LogP contribution in [0.2, 0.25) is 0 Å². The van der Waals surface area contributed by atoms with E-state index in [0.29, 0.717) is 0 Å². The van der Waals surface area contributed by atoms with Gasteiger partial charge in [-0.3, -0.25) is 14.9 Å². The van der Waals surface area contributed by atoms with Gasteiger partial charge in [0, 0.05) is 12.2 Å². The van der Waals surface area contributed by atoms with Crippen molar-refractivity contribution in [2.45, 2.75) is 6.04 Å². The number of aromatic carboxylic acids is 1. The van der Waals surface area contributed by atoms with Gasteiger partial charge in [0.15, 0.2) is 0 Å². The van der Waals surface area contributed by atoms with Crippen molar-refractivity contribution in [2.24, 2.45) is 0 Å². The van der Waals surface area contributed by atoms with Crippen LogP contribution in [0.15, 0.2) is 18.2 Å². The Hall–Kier alpha value is -2.48. The lowest BCUT2D eigenvalue weighted by atomic mass is 10.1. The third-order valence-corrected chi connectivity index (χ3v) is 2.79. The summed E-state index contributed by atoms with van der Waals surface area (Å²) in [6, 6.07) is 2.65. The molecule has 2 rings (SSSR count). The van der Waals surface area contributed by atoms with Crippen LogP contribution in [0.25, 0.3) is 0 Å². The Morgan fingerprint density at radius 1 is 1.40 bits per heavy atom. The quantitative estimate of drug-likeness (QED) is 0.600. The summed E-state index contributed by atoms with van der Waals surface area (Å²) in [5.74, 6) is -2.93. The fourth-order valence-corrected chi connectivity index (χ4v) is 1.75. The van der Waals surface area contributed by atoms with Gasteiger partial charge in [0.1, 0.15) is 11.9 Å². The second kappa shape index (κ2) is 5.66. The number of hydrogen-bond donors (Lipinski definition) is 4. The lowest BCUT2D eigenvalue weighted by Crippen LogP contribution is -2.56. The SMILES string of the molecule is O=C1CNC(C(=O)Nc2ccc(F)c(C(=O)O)c2)CN1. The van der Waals surface area contributed by atoms with Crippen LogP contribution >= 0.6 is 0 Å². The molecule has 1 aromatic carbocycles. The Labute approximate surface area is 113 Å². The molecule has 0 aromatic heterocycles. The Morgan fingerprint density at radius 2 is 2.15 bits per heavy atom. The van der Waals surface area contributed by atoms with Crippen molar-refractivity contribution in [2.75, 3.05) is 18.4 Å². The molecule has 0 spiro atoms. The maximum Gasteiger partial charge on any atom is 0.338 e. The van der Waals surface area contributed by atoms with E-state index in [-0.39, 0.29) is 24.7 Å². The van der Waals surface area contributed by atoms with E-state index in [2.05, 4.69) is 16.0 Å². The van der Waals surface area contributed by atoms with Crippen molar-refractivity contribution >= 4 is 23.5 Å². The normalized spacial score (nSPS) is 18.2. The van der Waals surface area contributed by atoms with E-state index in [1.165, 1.54) is 6.07 Å². The first kappa shape index (κ1) is 13.9. The van der Waals surface area contributed by atoms with Crippen LogP contribution in [-0.4, -0.2) is 42.0 Å². The van der Waals surface area contributed by atoms with Gasteiger partial charge in [0.25, 0.3) is 0 Å². The number of carboxylic acids is 1. The van der Waals surface area contributed by atoms with Crippen molar-refractivity contribution in [1.29, 1.82) is 0 Å². The summed E-state index contributed by atoms with van der Waals surface area (Å²) in [5.41, 5.74) is -0.347. The van der Waals surface area contributed by atoms with E-state index in [1.807, 2.05) is 0 Å². The lowest BCUT2D eigenvalue weighted by molar-refractivity contribution is -0.124. The predicted molar refractivity (Wildman–Crippen MR) is 66.8 cm³/mol. The summed E-state index contributed by atoms with van der Waals surface area (Å²) in [6.45, 7) is 0.166. The highest BCUT2D eigenvalue weighted by Gasteiger charge is 2.24.